The van der Waals surface area contributed by atoms with Crippen molar-refractivity contribution in [2.75, 3.05) is 0 Å². The zero-order valence-electron chi connectivity index (χ0n) is 9.73. The zero-order chi connectivity index (χ0) is 12.1. The van der Waals surface area contributed by atoms with Gasteiger partial charge in [-0.15, -0.1) is 0 Å². The summed E-state index contributed by atoms with van der Waals surface area (Å²) in [5.41, 5.74) is 0.530. The Labute approximate surface area is 101 Å². The van der Waals surface area contributed by atoms with Crippen molar-refractivity contribution in [1.29, 1.82) is 0 Å². The van der Waals surface area contributed by atoms with Crippen molar-refractivity contribution in [2.24, 2.45) is 10.9 Å². The van der Waals surface area contributed by atoms with Crippen LogP contribution in [0.3, 0.4) is 0 Å². The van der Waals surface area contributed by atoms with E-state index in [1.165, 1.54) is 12.5 Å². The van der Waals surface area contributed by atoms with Crippen molar-refractivity contribution in [3.63, 3.8) is 0 Å². The molecule has 1 atom stereocenters. The van der Waals surface area contributed by atoms with Gasteiger partial charge in [0.15, 0.2) is 0 Å². The number of aliphatic imine (C=N–C) groups is 1. The van der Waals surface area contributed by atoms with E-state index in [4.69, 9.17) is 0 Å². The van der Waals surface area contributed by atoms with Crippen LogP contribution in [0.15, 0.2) is 29.3 Å². The lowest BCUT2D eigenvalue weighted by Crippen LogP contribution is -2.15. The molecule has 3 heteroatoms. The summed E-state index contributed by atoms with van der Waals surface area (Å²) in [5.74, 6) is 0.00386. The Morgan fingerprint density at radius 1 is 1.24 bits per heavy atom. The molecule has 1 aromatic carbocycles. The third-order valence-electron chi connectivity index (χ3n) is 3.51. The molecule has 1 saturated carbocycles. The van der Waals surface area contributed by atoms with Gasteiger partial charge in [0, 0.05) is 5.56 Å². The molecule has 0 saturated heterocycles. The molecule has 0 heterocycles. The molecular formula is C14H16FNO. The zero-order valence-corrected chi connectivity index (χ0v) is 9.73. The lowest BCUT2D eigenvalue weighted by Gasteiger charge is -2.27. The number of rotatable bonds is 3. The van der Waals surface area contributed by atoms with Crippen LogP contribution in [0.5, 0.6) is 0 Å². The average Bonchev–Trinajstić information content (AvgIpc) is 2.38. The van der Waals surface area contributed by atoms with Crippen molar-refractivity contribution in [3.05, 3.63) is 35.6 Å². The Bertz CT molecular complexity index is 420. The lowest BCUT2D eigenvalue weighted by atomic mass is 9.81. The van der Waals surface area contributed by atoms with Gasteiger partial charge in [0.05, 0.1) is 6.04 Å². The van der Waals surface area contributed by atoms with Gasteiger partial charge in [-0.1, -0.05) is 37.5 Å². The van der Waals surface area contributed by atoms with Gasteiger partial charge in [-0.3, -0.25) is 0 Å². The molecule has 0 bridgehead atoms. The Morgan fingerprint density at radius 2 is 1.94 bits per heavy atom. The first-order chi connectivity index (χ1) is 8.33. The maximum absolute atomic E-state index is 13.7. The topological polar surface area (TPSA) is 29.4 Å². The first-order valence-corrected chi connectivity index (χ1v) is 6.14. The van der Waals surface area contributed by atoms with Crippen molar-refractivity contribution in [2.45, 2.75) is 38.1 Å². The van der Waals surface area contributed by atoms with E-state index in [1.54, 1.807) is 24.3 Å². The molecule has 1 unspecified atom stereocenters. The second-order valence-electron chi connectivity index (χ2n) is 4.58. The van der Waals surface area contributed by atoms with Crippen molar-refractivity contribution >= 4 is 6.08 Å². The van der Waals surface area contributed by atoms with Crippen molar-refractivity contribution in [1.82, 2.24) is 0 Å². The third kappa shape index (κ3) is 2.80. The summed E-state index contributed by atoms with van der Waals surface area (Å²) in [7, 11) is 0. The first kappa shape index (κ1) is 12.0. The molecular weight excluding hydrogens is 217 g/mol. The number of nitrogens with zero attached hydrogens (tertiary/aromatic N) is 1. The molecule has 2 nitrogen and oxygen atoms in total. The maximum atomic E-state index is 13.7. The highest BCUT2D eigenvalue weighted by atomic mass is 19.1. The van der Waals surface area contributed by atoms with Crippen LogP contribution in [0, 0.1) is 11.7 Å². The van der Waals surface area contributed by atoms with Crippen LogP contribution >= 0.6 is 0 Å². The van der Waals surface area contributed by atoms with Crippen LogP contribution in [0.1, 0.15) is 43.7 Å². The van der Waals surface area contributed by atoms with Gasteiger partial charge in [0.2, 0.25) is 6.08 Å². The Kier molecular flexibility index (Phi) is 4.05. The Morgan fingerprint density at radius 3 is 2.59 bits per heavy atom. The molecule has 0 aliphatic heterocycles. The van der Waals surface area contributed by atoms with E-state index in [9.17, 15) is 9.18 Å². The fourth-order valence-electron chi connectivity index (χ4n) is 2.65. The van der Waals surface area contributed by atoms with E-state index in [-0.39, 0.29) is 17.8 Å². The summed E-state index contributed by atoms with van der Waals surface area (Å²) in [5, 5.41) is 0. The van der Waals surface area contributed by atoms with Gasteiger partial charge >= 0.3 is 0 Å². The van der Waals surface area contributed by atoms with Crippen molar-refractivity contribution < 1.29 is 9.18 Å². The number of carbonyl (C=O) groups excluding carboxylic acids is 1. The first-order valence-electron chi connectivity index (χ1n) is 6.14. The molecule has 1 aromatic rings. The Balaban J connectivity index is 2.28. The lowest BCUT2D eigenvalue weighted by molar-refractivity contribution is 0.304. The van der Waals surface area contributed by atoms with Crippen LogP contribution < -0.4 is 0 Å². The van der Waals surface area contributed by atoms with Crippen LogP contribution in [0.4, 0.5) is 4.39 Å². The summed E-state index contributed by atoms with van der Waals surface area (Å²) in [6.45, 7) is 0. The van der Waals surface area contributed by atoms with E-state index in [0.29, 0.717) is 5.56 Å². The number of isocyanates is 1. The second kappa shape index (κ2) is 5.74. The third-order valence-corrected chi connectivity index (χ3v) is 3.51. The summed E-state index contributed by atoms with van der Waals surface area (Å²) in [6.07, 6.45) is 7.15. The summed E-state index contributed by atoms with van der Waals surface area (Å²) < 4.78 is 13.7. The molecule has 1 fully saturated rings. The molecule has 0 spiro atoms. The standard InChI is InChI=1S/C14H16FNO/c15-13-9-5-4-8-12(13)14(16-10-17)11-6-2-1-3-7-11/h4-5,8-9,11,14H,1-3,6-7H2. The Hall–Kier alpha value is -1.47. The second-order valence-corrected chi connectivity index (χ2v) is 4.58. The van der Waals surface area contributed by atoms with E-state index < -0.39 is 0 Å². The molecule has 1 aliphatic carbocycles. The quantitative estimate of drug-likeness (QED) is 0.577. The van der Waals surface area contributed by atoms with E-state index in [2.05, 4.69) is 4.99 Å². The molecule has 90 valence electrons. The number of hydrogen-bond donors (Lipinski definition) is 0. The predicted octanol–water partition coefficient (Wildman–Crippen LogP) is 3.78. The number of benzene rings is 1. The van der Waals surface area contributed by atoms with Gasteiger partial charge in [-0.25, -0.2) is 9.18 Å². The minimum absolute atomic E-state index is 0.276. The smallest absolute Gasteiger partial charge is 0.211 e. The summed E-state index contributed by atoms with van der Waals surface area (Å²) in [6, 6.07) is 6.23. The van der Waals surface area contributed by atoms with Crippen LogP contribution in [0.25, 0.3) is 0 Å². The molecule has 17 heavy (non-hydrogen) atoms. The monoisotopic (exact) mass is 233 g/mol. The van der Waals surface area contributed by atoms with E-state index in [1.807, 2.05) is 0 Å². The highest BCUT2D eigenvalue weighted by Gasteiger charge is 2.26. The average molecular weight is 233 g/mol. The van der Waals surface area contributed by atoms with Gasteiger partial charge in [-0.2, -0.15) is 4.99 Å². The molecule has 1 aliphatic rings. The fraction of sp³-hybridized carbons (Fsp3) is 0.500. The highest BCUT2D eigenvalue weighted by molar-refractivity contribution is 5.36. The van der Waals surface area contributed by atoms with Gasteiger partial charge in [0.1, 0.15) is 5.82 Å². The minimum Gasteiger partial charge on any atom is -0.211 e. The normalized spacial score (nSPS) is 18.4. The minimum atomic E-state index is -0.353. The van der Waals surface area contributed by atoms with Gasteiger partial charge in [0.25, 0.3) is 0 Å². The maximum Gasteiger partial charge on any atom is 0.235 e. The van der Waals surface area contributed by atoms with Gasteiger partial charge < -0.3 is 0 Å². The molecule has 0 N–H and O–H groups in total. The molecule has 0 amide bonds. The predicted molar refractivity (Wildman–Crippen MR) is 63.8 cm³/mol. The SMILES string of the molecule is O=C=NC(c1ccccc1F)C1CCCCC1. The fourth-order valence-corrected chi connectivity index (χ4v) is 2.65. The molecule has 0 aromatic heterocycles. The van der Waals surface area contributed by atoms with Crippen LogP contribution in [-0.2, 0) is 4.79 Å². The van der Waals surface area contributed by atoms with Crippen LogP contribution in [0.2, 0.25) is 0 Å². The van der Waals surface area contributed by atoms with Crippen LogP contribution in [-0.4, -0.2) is 6.08 Å². The molecule has 2 rings (SSSR count). The summed E-state index contributed by atoms with van der Waals surface area (Å²) in [4.78, 5) is 14.4. The number of halogens is 1. The van der Waals surface area contributed by atoms with Crippen molar-refractivity contribution in [3.8, 4) is 0 Å². The van der Waals surface area contributed by atoms with E-state index in [0.717, 1.165) is 25.7 Å². The largest absolute Gasteiger partial charge is 0.235 e. The van der Waals surface area contributed by atoms with Gasteiger partial charge in [-0.05, 0) is 24.8 Å². The highest BCUT2D eigenvalue weighted by Crippen LogP contribution is 2.37. The summed E-state index contributed by atoms with van der Waals surface area (Å²) >= 11 is 0. The van der Waals surface area contributed by atoms with E-state index >= 15 is 0 Å². The number of hydrogen-bond acceptors (Lipinski definition) is 2. The molecule has 0 radical (unpaired) electrons.